The molecule has 2 aromatic heterocycles. The smallest absolute Gasteiger partial charge is 0.246 e. The Bertz CT molecular complexity index is 792. The SMILES string of the molecule is Cc1noc(C)c1CN1CCN(S(=O)(=O)c2c(C)n[nH]c2C)CC1. The molecule has 0 saturated carbocycles. The molecule has 0 aliphatic carbocycles. The number of hydrogen-bond acceptors (Lipinski definition) is 6. The number of nitrogens with one attached hydrogen (secondary N) is 1. The first kappa shape index (κ1) is 17.1. The Balaban J connectivity index is 1.69. The van der Waals surface area contributed by atoms with Crippen LogP contribution in [0.3, 0.4) is 0 Å². The highest BCUT2D eigenvalue weighted by Crippen LogP contribution is 2.23. The molecule has 1 N–H and O–H groups in total. The molecule has 8 nitrogen and oxygen atoms in total. The molecule has 3 heterocycles. The van der Waals surface area contributed by atoms with Gasteiger partial charge in [-0.1, -0.05) is 5.16 Å². The lowest BCUT2D eigenvalue weighted by atomic mass is 10.2. The van der Waals surface area contributed by atoms with Crippen molar-refractivity contribution in [2.75, 3.05) is 26.2 Å². The molecule has 0 unspecified atom stereocenters. The van der Waals surface area contributed by atoms with E-state index in [2.05, 4.69) is 20.3 Å². The van der Waals surface area contributed by atoms with E-state index < -0.39 is 10.0 Å². The average molecular weight is 353 g/mol. The number of sulfonamides is 1. The quantitative estimate of drug-likeness (QED) is 0.885. The molecule has 132 valence electrons. The predicted octanol–water partition coefficient (Wildman–Crippen LogP) is 1.14. The molecule has 0 atom stereocenters. The van der Waals surface area contributed by atoms with Crippen LogP contribution in [0.15, 0.2) is 9.42 Å². The Morgan fingerprint density at radius 1 is 1.08 bits per heavy atom. The van der Waals surface area contributed by atoms with Gasteiger partial charge >= 0.3 is 0 Å². The molecule has 0 amide bonds. The van der Waals surface area contributed by atoms with E-state index in [0.29, 0.717) is 42.5 Å². The van der Waals surface area contributed by atoms with Crippen molar-refractivity contribution >= 4 is 10.0 Å². The van der Waals surface area contributed by atoms with Crippen LogP contribution in [0.2, 0.25) is 0 Å². The summed E-state index contributed by atoms with van der Waals surface area (Å²) in [7, 11) is -3.50. The number of nitrogens with zero attached hydrogens (tertiary/aromatic N) is 4. The van der Waals surface area contributed by atoms with E-state index in [9.17, 15) is 8.42 Å². The minimum atomic E-state index is -3.50. The first-order valence-corrected chi connectivity index (χ1v) is 9.40. The summed E-state index contributed by atoms with van der Waals surface area (Å²) in [5, 5.41) is 10.7. The van der Waals surface area contributed by atoms with Crippen molar-refractivity contribution in [1.29, 1.82) is 0 Å². The van der Waals surface area contributed by atoms with Crippen LogP contribution in [-0.4, -0.2) is 59.2 Å². The number of H-pyrrole nitrogens is 1. The van der Waals surface area contributed by atoms with Gasteiger partial charge in [-0.05, 0) is 27.7 Å². The summed E-state index contributed by atoms with van der Waals surface area (Å²) in [4.78, 5) is 2.54. The highest BCUT2D eigenvalue weighted by molar-refractivity contribution is 7.89. The van der Waals surface area contributed by atoms with Crippen molar-refractivity contribution in [2.45, 2.75) is 39.1 Å². The summed E-state index contributed by atoms with van der Waals surface area (Å²) in [6, 6.07) is 0. The van der Waals surface area contributed by atoms with Crippen LogP contribution < -0.4 is 0 Å². The van der Waals surface area contributed by atoms with E-state index in [1.165, 1.54) is 0 Å². The van der Waals surface area contributed by atoms with Gasteiger partial charge in [-0.15, -0.1) is 0 Å². The number of hydrogen-bond donors (Lipinski definition) is 1. The molecule has 3 rings (SSSR count). The monoisotopic (exact) mass is 353 g/mol. The first-order chi connectivity index (χ1) is 11.3. The van der Waals surface area contributed by atoms with Gasteiger partial charge < -0.3 is 4.52 Å². The molecular formula is C15H23N5O3S. The van der Waals surface area contributed by atoms with E-state index in [0.717, 1.165) is 23.6 Å². The number of rotatable bonds is 4. The molecule has 0 aromatic carbocycles. The van der Waals surface area contributed by atoms with Gasteiger partial charge in [-0.25, -0.2) is 8.42 Å². The minimum Gasteiger partial charge on any atom is -0.361 e. The fraction of sp³-hybridized carbons (Fsp3) is 0.600. The number of piperazine rings is 1. The van der Waals surface area contributed by atoms with Gasteiger partial charge in [0.05, 0.1) is 17.1 Å². The van der Waals surface area contributed by atoms with E-state index in [4.69, 9.17) is 4.52 Å². The summed E-state index contributed by atoms with van der Waals surface area (Å²) in [5.74, 6) is 0.826. The second kappa shape index (κ2) is 6.30. The van der Waals surface area contributed by atoms with Gasteiger partial charge in [0.15, 0.2) is 0 Å². The lowest BCUT2D eigenvalue weighted by molar-refractivity contribution is 0.180. The molecular weight excluding hydrogens is 330 g/mol. The fourth-order valence-electron chi connectivity index (χ4n) is 3.13. The van der Waals surface area contributed by atoms with Crippen LogP contribution in [0, 0.1) is 27.7 Å². The second-order valence-corrected chi connectivity index (χ2v) is 8.12. The van der Waals surface area contributed by atoms with Crippen molar-refractivity contribution in [3.05, 3.63) is 28.4 Å². The zero-order valence-corrected chi connectivity index (χ0v) is 15.3. The molecule has 1 saturated heterocycles. The summed E-state index contributed by atoms with van der Waals surface area (Å²) in [5.41, 5.74) is 3.09. The summed E-state index contributed by atoms with van der Waals surface area (Å²) in [6.45, 7) is 10.3. The Kier molecular flexibility index (Phi) is 4.50. The number of aromatic amines is 1. The molecule has 24 heavy (non-hydrogen) atoms. The molecule has 0 radical (unpaired) electrons. The molecule has 2 aromatic rings. The molecule has 1 aliphatic rings. The van der Waals surface area contributed by atoms with E-state index >= 15 is 0 Å². The maximum absolute atomic E-state index is 12.8. The van der Waals surface area contributed by atoms with Crippen LogP contribution in [-0.2, 0) is 16.6 Å². The Hall–Kier alpha value is -1.71. The Morgan fingerprint density at radius 2 is 1.75 bits per heavy atom. The zero-order valence-electron chi connectivity index (χ0n) is 14.5. The lowest BCUT2D eigenvalue weighted by Crippen LogP contribution is -2.48. The standard InChI is InChI=1S/C15H23N5O3S/c1-10-14(13(4)23-18-10)9-19-5-7-20(8-6-19)24(21,22)15-11(2)16-17-12(15)3/h5-9H2,1-4H3,(H,16,17). The van der Waals surface area contributed by atoms with Crippen molar-refractivity contribution in [3.63, 3.8) is 0 Å². The largest absolute Gasteiger partial charge is 0.361 e. The van der Waals surface area contributed by atoms with E-state index in [-0.39, 0.29) is 0 Å². The molecule has 1 aliphatic heterocycles. The minimum absolute atomic E-state index is 0.307. The summed E-state index contributed by atoms with van der Waals surface area (Å²) < 4.78 is 32.4. The summed E-state index contributed by atoms with van der Waals surface area (Å²) in [6.07, 6.45) is 0. The van der Waals surface area contributed by atoms with Crippen LogP contribution in [0.1, 0.15) is 28.4 Å². The number of aryl methyl sites for hydroxylation is 4. The highest BCUT2D eigenvalue weighted by Gasteiger charge is 2.32. The van der Waals surface area contributed by atoms with Gasteiger partial charge in [0.25, 0.3) is 0 Å². The second-order valence-electron chi connectivity index (χ2n) is 6.25. The average Bonchev–Trinajstić information content (AvgIpc) is 3.04. The van der Waals surface area contributed by atoms with Gasteiger partial charge in [0, 0.05) is 38.3 Å². The zero-order chi connectivity index (χ0) is 17.5. The van der Waals surface area contributed by atoms with Crippen molar-refractivity contribution in [3.8, 4) is 0 Å². The summed E-state index contributed by atoms with van der Waals surface area (Å²) >= 11 is 0. The Morgan fingerprint density at radius 3 is 2.25 bits per heavy atom. The van der Waals surface area contributed by atoms with Gasteiger partial charge in [0.1, 0.15) is 10.7 Å². The van der Waals surface area contributed by atoms with Crippen molar-refractivity contribution in [1.82, 2.24) is 24.6 Å². The first-order valence-electron chi connectivity index (χ1n) is 7.96. The van der Waals surface area contributed by atoms with Gasteiger partial charge in [0.2, 0.25) is 10.0 Å². The van der Waals surface area contributed by atoms with Crippen LogP contribution in [0.5, 0.6) is 0 Å². The van der Waals surface area contributed by atoms with E-state index in [1.807, 2.05) is 13.8 Å². The predicted molar refractivity (Wildman–Crippen MR) is 88.1 cm³/mol. The fourth-order valence-corrected chi connectivity index (χ4v) is 4.88. The topological polar surface area (TPSA) is 95.3 Å². The van der Waals surface area contributed by atoms with Gasteiger partial charge in [-0.2, -0.15) is 9.40 Å². The number of aromatic nitrogens is 3. The lowest BCUT2D eigenvalue weighted by Gasteiger charge is -2.33. The van der Waals surface area contributed by atoms with Gasteiger partial charge in [-0.3, -0.25) is 10.00 Å². The van der Waals surface area contributed by atoms with Crippen LogP contribution in [0.25, 0.3) is 0 Å². The maximum atomic E-state index is 12.8. The molecule has 9 heteroatoms. The van der Waals surface area contributed by atoms with Crippen LogP contribution in [0.4, 0.5) is 0 Å². The highest BCUT2D eigenvalue weighted by atomic mass is 32.2. The van der Waals surface area contributed by atoms with Crippen molar-refractivity contribution < 1.29 is 12.9 Å². The van der Waals surface area contributed by atoms with Crippen molar-refractivity contribution in [2.24, 2.45) is 0 Å². The third kappa shape index (κ3) is 2.99. The molecule has 0 bridgehead atoms. The maximum Gasteiger partial charge on any atom is 0.246 e. The third-order valence-corrected chi connectivity index (χ3v) is 6.72. The Labute approximate surface area is 141 Å². The third-order valence-electron chi connectivity index (χ3n) is 4.55. The molecule has 0 spiro atoms. The van der Waals surface area contributed by atoms with E-state index in [1.54, 1.807) is 18.2 Å². The van der Waals surface area contributed by atoms with Crippen LogP contribution >= 0.6 is 0 Å². The normalized spacial score (nSPS) is 17.5. The molecule has 1 fully saturated rings.